The van der Waals surface area contributed by atoms with Crippen molar-refractivity contribution in [3.05, 3.63) is 142 Å². The Morgan fingerprint density at radius 3 is 1.92 bits per heavy atom. The highest BCUT2D eigenvalue weighted by atomic mass is 35.5. The second-order valence-electron chi connectivity index (χ2n) is 10.5. The van der Waals surface area contributed by atoms with Crippen molar-refractivity contribution in [3.8, 4) is 81.3 Å². The Bertz CT molecular complexity index is 2320. The molecule has 6 aromatic rings. The zero-order valence-electron chi connectivity index (χ0n) is 26.3. The van der Waals surface area contributed by atoms with Crippen molar-refractivity contribution in [2.45, 2.75) is 0 Å². The van der Waals surface area contributed by atoms with Crippen LogP contribution in [0.3, 0.4) is 0 Å². The van der Waals surface area contributed by atoms with Crippen LogP contribution in [0.1, 0.15) is 11.1 Å². The first-order valence-corrected chi connectivity index (χ1v) is 15.9. The summed E-state index contributed by atoms with van der Waals surface area (Å²) in [6, 6.07) is 32.7. The van der Waals surface area contributed by atoms with Gasteiger partial charge in [0.15, 0.2) is 12.2 Å². The van der Waals surface area contributed by atoms with E-state index in [2.05, 4.69) is 44.4 Å². The summed E-state index contributed by atoms with van der Waals surface area (Å²) in [7, 11) is 0. The number of hydrogen-bond donors (Lipinski definition) is 0. The van der Waals surface area contributed by atoms with Gasteiger partial charge in [-0.15, -0.1) is 6.42 Å². The van der Waals surface area contributed by atoms with Gasteiger partial charge in [-0.05, 0) is 70.6 Å². The number of nitriles is 1. The fourth-order valence-corrected chi connectivity index (χ4v) is 5.18. The van der Waals surface area contributed by atoms with Gasteiger partial charge >= 0.3 is 11.8 Å². The minimum atomic E-state index is -0.0592. The Morgan fingerprint density at radius 2 is 1.38 bits per heavy atom. The molecule has 240 valence electrons. The second kappa shape index (κ2) is 15.6. The number of aromatic nitrogens is 4. The number of hydrogen-bond acceptors (Lipinski definition) is 7. The summed E-state index contributed by atoms with van der Waals surface area (Å²) in [5, 5.41) is 11.2. The molecule has 0 N–H and O–H groups in total. The molecule has 50 heavy (non-hydrogen) atoms. The van der Waals surface area contributed by atoms with Crippen LogP contribution >= 0.6 is 23.2 Å². The van der Waals surface area contributed by atoms with E-state index in [1.165, 1.54) is 0 Å². The van der Waals surface area contributed by atoms with Gasteiger partial charge in [0.05, 0.1) is 22.8 Å². The third-order valence-corrected chi connectivity index (χ3v) is 7.76. The summed E-state index contributed by atoms with van der Waals surface area (Å²) in [6.45, 7) is 3.94. The first kappa shape index (κ1) is 33.4. The summed E-state index contributed by atoms with van der Waals surface area (Å²) in [4.78, 5) is 23.1. The fourth-order valence-electron chi connectivity index (χ4n) is 4.93. The lowest BCUT2D eigenvalue weighted by molar-refractivity contribution is 0.348. The highest BCUT2D eigenvalue weighted by molar-refractivity contribution is 6.31. The first-order chi connectivity index (χ1) is 24.5. The molecule has 0 amide bonds. The van der Waals surface area contributed by atoms with Gasteiger partial charge in [0.25, 0.3) is 0 Å². The van der Waals surface area contributed by atoms with Gasteiger partial charge in [-0.1, -0.05) is 72.1 Å². The molecule has 4 heterocycles. The molecule has 6 rings (SSSR count). The Balaban J connectivity index is 1.42. The maximum Gasteiger partial charge on any atom is 0.358 e. The van der Waals surface area contributed by atoms with E-state index in [4.69, 9.17) is 44.1 Å². The quantitative estimate of drug-likeness (QED) is 0.110. The molecule has 0 saturated heterocycles. The van der Waals surface area contributed by atoms with E-state index in [0.29, 0.717) is 55.5 Å². The normalized spacial score (nSPS) is 10.2. The number of nitrogens with zero attached hydrogens (tertiary/aromatic N) is 6. The van der Waals surface area contributed by atoms with Crippen LogP contribution in [0.5, 0.6) is 11.8 Å². The van der Waals surface area contributed by atoms with Gasteiger partial charge in [-0.25, -0.2) is 15.0 Å². The van der Waals surface area contributed by atoms with Crippen molar-refractivity contribution < 1.29 is 9.47 Å². The molecule has 4 aromatic heterocycles. The van der Waals surface area contributed by atoms with Crippen molar-refractivity contribution in [2.75, 3.05) is 13.2 Å². The highest BCUT2D eigenvalue weighted by Crippen LogP contribution is 2.36. The average molecular weight is 693 g/mol. The Kier molecular flexibility index (Phi) is 10.4. The van der Waals surface area contributed by atoms with Crippen LogP contribution in [-0.4, -0.2) is 33.1 Å². The molecule has 0 fully saturated rings. The van der Waals surface area contributed by atoms with Crippen LogP contribution < -0.4 is 9.47 Å². The first-order valence-electron chi connectivity index (χ1n) is 15.1. The Hall–Kier alpha value is -6.50. The van der Waals surface area contributed by atoms with Gasteiger partial charge < -0.3 is 9.47 Å². The number of pyridine rings is 4. The number of halogens is 2. The standard InChI is InChI=1S/C40H25Cl2N6O2/c1-3-19-49-39-33(23-43)31(26-8-12-28(41)13-9-26)21-38(47-39)36-17-16-30(24-46-36)45-25-34-32(27-10-14-29(42)15-11-27)22-37(35-7-5-6-18-44-35)48-40(34)50-20-4-2/h1,4-18,21-22,24H,2,19-20H2/q+1. The molecule has 0 unspecified atom stereocenters. The zero-order chi connectivity index (χ0) is 34.9. The topological polar surface area (TPSA) is 98.2 Å². The molecule has 0 bridgehead atoms. The van der Waals surface area contributed by atoms with E-state index < -0.39 is 0 Å². The van der Waals surface area contributed by atoms with Crippen LogP contribution in [0.25, 0.3) is 49.9 Å². The van der Waals surface area contributed by atoms with E-state index >= 15 is 0 Å². The molecule has 10 heteroatoms. The highest BCUT2D eigenvalue weighted by Gasteiger charge is 2.21. The van der Waals surface area contributed by atoms with Crippen LogP contribution in [0.4, 0.5) is 5.69 Å². The van der Waals surface area contributed by atoms with Crippen LogP contribution in [0, 0.1) is 29.7 Å². The summed E-state index contributed by atoms with van der Waals surface area (Å²) in [6.07, 6.45) is 10.4. The smallest absolute Gasteiger partial charge is 0.358 e. The number of benzene rings is 2. The van der Waals surface area contributed by atoms with Gasteiger partial charge in [0.2, 0.25) is 11.8 Å². The van der Waals surface area contributed by atoms with Crippen molar-refractivity contribution in [3.63, 3.8) is 0 Å². The van der Waals surface area contributed by atoms with Crippen molar-refractivity contribution in [2.24, 2.45) is 0 Å². The minimum Gasteiger partial charge on any atom is -0.472 e. The van der Waals surface area contributed by atoms with Gasteiger partial charge in [-0.3, -0.25) is 4.98 Å². The molecule has 0 radical (unpaired) electrons. The van der Waals surface area contributed by atoms with E-state index in [1.807, 2.05) is 60.7 Å². The molecule has 0 aliphatic carbocycles. The maximum atomic E-state index is 10.0. The maximum absolute atomic E-state index is 10.0. The molecule has 8 nitrogen and oxygen atoms in total. The van der Waals surface area contributed by atoms with E-state index in [9.17, 15) is 5.26 Å². The van der Waals surface area contributed by atoms with Crippen LogP contribution in [0.2, 0.25) is 10.0 Å². The van der Waals surface area contributed by atoms with Gasteiger partial charge in [0.1, 0.15) is 24.4 Å². The Labute approximate surface area is 299 Å². The predicted molar refractivity (Wildman–Crippen MR) is 197 cm³/mol. The zero-order valence-corrected chi connectivity index (χ0v) is 27.9. The molecular formula is C40H25Cl2N6O2+. The van der Waals surface area contributed by atoms with E-state index in [-0.39, 0.29) is 24.7 Å². The monoisotopic (exact) mass is 691 g/mol. The molecule has 0 aliphatic rings. The molecule has 0 saturated carbocycles. The summed E-state index contributed by atoms with van der Waals surface area (Å²) in [5.41, 5.74) is 6.54. The largest absolute Gasteiger partial charge is 0.472 e. The predicted octanol–water partition coefficient (Wildman–Crippen LogP) is 9.70. The lowest BCUT2D eigenvalue weighted by Gasteiger charge is -2.12. The minimum absolute atomic E-state index is 0.0592. The second-order valence-corrected chi connectivity index (χ2v) is 11.4. The van der Waals surface area contributed by atoms with Crippen LogP contribution in [0.15, 0.2) is 116 Å². The SMILES string of the molecule is C#CCOc1nc(-c2ccc([N+]#Cc3c(-c4ccc(Cl)cc4)cc(-c4ccccn4)nc3OCC=C)cn2)cc(-c2ccc(Cl)cc2)c1C#N. The summed E-state index contributed by atoms with van der Waals surface area (Å²) in [5.74, 6) is 2.83. The molecule has 0 atom stereocenters. The fraction of sp³-hybridized carbons (Fsp3) is 0.0500. The Morgan fingerprint density at radius 1 is 0.760 bits per heavy atom. The van der Waals surface area contributed by atoms with Crippen molar-refractivity contribution >= 4 is 28.9 Å². The average Bonchev–Trinajstić information content (AvgIpc) is 3.16. The van der Waals surface area contributed by atoms with Crippen molar-refractivity contribution in [1.29, 1.82) is 5.26 Å². The lowest BCUT2D eigenvalue weighted by Crippen LogP contribution is -2.02. The number of terminal acetylenes is 1. The van der Waals surface area contributed by atoms with Gasteiger partial charge in [-0.2, -0.15) is 5.26 Å². The van der Waals surface area contributed by atoms with Gasteiger partial charge in [0, 0.05) is 33.4 Å². The van der Waals surface area contributed by atoms with E-state index in [1.54, 1.807) is 48.8 Å². The van der Waals surface area contributed by atoms with Crippen molar-refractivity contribution in [1.82, 2.24) is 19.9 Å². The third kappa shape index (κ3) is 7.62. The summed E-state index contributed by atoms with van der Waals surface area (Å²) < 4.78 is 11.7. The molecule has 2 aromatic carbocycles. The molecule has 0 spiro atoms. The number of rotatable bonds is 9. The summed E-state index contributed by atoms with van der Waals surface area (Å²) >= 11 is 12.3. The molecule has 0 aliphatic heterocycles. The number of ether oxygens (including phenoxy) is 2. The third-order valence-electron chi connectivity index (χ3n) is 7.26. The molecular weight excluding hydrogens is 667 g/mol. The van der Waals surface area contributed by atoms with E-state index in [0.717, 1.165) is 16.7 Å². The lowest BCUT2D eigenvalue weighted by atomic mass is 10.00. The van der Waals surface area contributed by atoms with Crippen LogP contribution in [-0.2, 0) is 0 Å².